The lowest BCUT2D eigenvalue weighted by Gasteiger charge is -2.25. The third-order valence-electron chi connectivity index (χ3n) is 6.67. The highest BCUT2D eigenvalue weighted by molar-refractivity contribution is 5.74. The number of fused-ring (bicyclic) bond motifs is 2. The van der Waals surface area contributed by atoms with E-state index in [4.69, 9.17) is 4.74 Å². The second-order valence-corrected chi connectivity index (χ2v) is 8.63. The molecule has 1 fully saturated rings. The van der Waals surface area contributed by atoms with Gasteiger partial charge in [-0.1, -0.05) is 24.3 Å². The molecule has 136 valence electrons. The van der Waals surface area contributed by atoms with Crippen molar-refractivity contribution in [2.24, 2.45) is 7.05 Å². The topological polar surface area (TPSA) is 13.1 Å². The van der Waals surface area contributed by atoms with Crippen LogP contribution in [0.1, 0.15) is 37.8 Å². The predicted octanol–water partition coefficient (Wildman–Crippen LogP) is 5.36. The Morgan fingerprint density at radius 3 is 2.41 bits per heavy atom. The Morgan fingerprint density at radius 1 is 0.926 bits per heavy atom. The van der Waals surface area contributed by atoms with E-state index in [-0.39, 0.29) is 11.0 Å². The SMILES string of the molecule is Cc1ccc(-c2ccc3c(c2)OC(C)(C)C32CC2)cc1-c1cccc[n+]1C. The lowest BCUT2D eigenvalue weighted by atomic mass is 9.83. The van der Waals surface area contributed by atoms with Gasteiger partial charge in [0, 0.05) is 28.7 Å². The highest BCUT2D eigenvalue weighted by atomic mass is 16.5. The lowest BCUT2D eigenvalue weighted by molar-refractivity contribution is -0.660. The summed E-state index contributed by atoms with van der Waals surface area (Å²) in [4.78, 5) is 0. The molecule has 0 radical (unpaired) electrons. The molecule has 0 atom stereocenters. The van der Waals surface area contributed by atoms with E-state index in [0.717, 1.165) is 5.75 Å². The Morgan fingerprint density at radius 2 is 1.67 bits per heavy atom. The standard InChI is InChI=1S/C25H26NO/c1-17-8-9-18(15-20(17)22-7-5-6-14-26(22)4)19-10-11-21-23(16-19)27-24(2,3)25(21)12-13-25/h5-11,14-16H,12-13H2,1-4H3/q+1. The van der Waals surface area contributed by atoms with Crippen LogP contribution < -0.4 is 9.30 Å². The van der Waals surface area contributed by atoms with Gasteiger partial charge in [-0.25, -0.2) is 4.57 Å². The minimum absolute atomic E-state index is 0.0931. The van der Waals surface area contributed by atoms with Crippen molar-refractivity contribution in [1.29, 1.82) is 0 Å². The Balaban J connectivity index is 1.60. The number of rotatable bonds is 2. The predicted molar refractivity (Wildman–Crippen MR) is 109 cm³/mol. The van der Waals surface area contributed by atoms with E-state index in [2.05, 4.69) is 93.2 Å². The molecule has 0 amide bonds. The van der Waals surface area contributed by atoms with Crippen molar-refractivity contribution in [3.8, 4) is 28.1 Å². The van der Waals surface area contributed by atoms with Gasteiger partial charge >= 0.3 is 0 Å². The third-order valence-corrected chi connectivity index (χ3v) is 6.67. The Hall–Kier alpha value is -2.61. The fraction of sp³-hybridized carbons (Fsp3) is 0.320. The zero-order chi connectivity index (χ0) is 18.8. The zero-order valence-corrected chi connectivity index (χ0v) is 16.5. The van der Waals surface area contributed by atoms with Gasteiger partial charge in [-0.2, -0.15) is 0 Å². The summed E-state index contributed by atoms with van der Waals surface area (Å²) >= 11 is 0. The number of aryl methyl sites for hydroxylation is 2. The normalized spacial score (nSPS) is 18.2. The van der Waals surface area contributed by atoms with Gasteiger partial charge in [0.05, 0.1) is 0 Å². The molecule has 5 rings (SSSR count). The molecular formula is C25H26NO+. The fourth-order valence-electron chi connectivity index (χ4n) is 4.76. The average molecular weight is 356 g/mol. The number of aromatic nitrogens is 1. The highest BCUT2D eigenvalue weighted by Gasteiger charge is 2.62. The molecule has 3 aromatic rings. The second-order valence-electron chi connectivity index (χ2n) is 8.63. The molecule has 1 aliphatic heterocycles. The van der Waals surface area contributed by atoms with Crippen LogP contribution >= 0.6 is 0 Å². The molecule has 2 heteroatoms. The van der Waals surface area contributed by atoms with Crippen LogP contribution in [0, 0.1) is 6.92 Å². The number of ether oxygens (including phenoxy) is 1. The van der Waals surface area contributed by atoms with Crippen molar-refractivity contribution in [3.63, 3.8) is 0 Å². The van der Waals surface area contributed by atoms with Gasteiger partial charge in [0.25, 0.3) is 0 Å². The first-order valence-electron chi connectivity index (χ1n) is 9.81. The quantitative estimate of drug-likeness (QED) is 0.564. The Kier molecular flexibility index (Phi) is 3.34. The van der Waals surface area contributed by atoms with E-state index in [1.807, 2.05) is 0 Å². The number of nitrogens with zero attached hydrogens (tertiary/aromatic N) is 1. The fourth-order valence-corrected chi connectivity index (χ4v) is 4.76. The van der Waals surface area contributed by atoms with Crippen molar-refractivity contribution in [3.05, 3.63) is 71.9 Å². The van der Waals surface area contributed by atoms with Crippen LogP contribution in [0.5, 0.6) is 5.75 Å². The number of benzene rings is 2. The molecule has 0 bridgehead atoms. The van der Waals surface area contributed by atoms with Crippen LogP contribution in [-0.4, -0.2) is 5.60 Å². The molecule has 2 heterocycles. The molecule has 1 saturated carbocycles. The van der Waals surface area contributed by atoms with E-state index < -0.39 is 0 Å². The highest BCUT2D eigenvalue weighted by Crippen LogP contribution is 2.63. The first-order chi connectivity index (χ1) is 12.9. The third kappa shape index (κ3) is 2.36. The van der Waals surface area contributed by atoms with Crippen molar-refractivity contribution >= 4 is 0 Å². The van der Waals surface area contributed by atoms with E-state index in [9.17, 15) is 0 Å². The van der Waals surface area contributed by atoms with Crippen molar-refractivity contribution < 1.29 is 9.30 Å². The number of hydrogen-bond donors (Lipinski definition) is 0. The van der Waals surface area contributed by atoms with Gasteiger partial charge in [-0.05, 0) is 68.5 Å². The summed E-state index contributed by atoms with van der Waals surface area (Å²) in [5, 5.41) is 0. The summed E-state index contributed by atoms with van der Waals surface area (Å²) in [6, 6.07) is 19.9. The van der Waals surface area contributed by atoms with Gasteiger partial charge in [-0.15, -0.1) is 0 Å². The van der Waals surface area contributed by atoms with Crippen LogP contribution in [-0.2, 0) is 12.5 Å². The Labute approximate surface area is 161 Å². The monoisotopic (exact) mass is 356 g/mol. The molecule has 0 saturated heterocycles. The molecule has 0 N–H and O–H groups in total. The molecular weight excluding hydrogens is 330 g/mol. The molecule has 1 aromatic heterocycles. The Bertz CT molecular complexity index is 1060. The van der Waals surface area contributed by atoms with E-state index in [1.165, 1.54) is 46.4 Å². The van der Waals surface area contributed by atoms with Gasteiger partial charge in [0.1, 0.15) is 18.4 Å². The van der Waals surface area contributed by atoms with Crippen LogP contribution in [0.15, 0.2) is 60.8 Å². The zero-order valence-electron chi connectivity index (χ0n) is 16.5. The summed E-state index contributed by atoms with van der Waals surface area (Å²) in [6.07, 6.45) is 4.58. The summed E-state index contributed by atoms with van der Waals surface area (Å²) in [7, 11) is 2.10. The van der Waals surface area contributed by atoms with Crippen molar-refractivity contribution in [2.45, 2.75) is 44.6 Å². The molecule has 2 aliphatic rings. The summed E-state index contributed by atoms with van der Waals surface area (Å²) in [6.45, 7) is 6.65. The van der Waals surface area contributed by atoms with Crippen molar-refractivity contribution in [2.75, 3.05) is 0 Å². The van der Waals surface area contributed by atoms with Gasteiger partial charge in [0.15, 0.2) is 6.20 Å². The molecule has 2 aromatic carbocycles. The maximum atomic E-state index is 6.39. The molecule has 27 heavy (non-hydrogen) atoms. The average Bonchev–Trinajstić information content (AvgIpc) is 3.41. The summed E-state index contributed by atoms with van der Waals surface area (Å²) in [5.74, 6) is 1.07. The maximum Gasteiger partial charge on any atom is 0.212 e. The first-order valence-corrected chi connectivity index (χ1v) is 9.81. The molecule has 1 aliphatic carbocycles. The maximum absolute atomic E-state index is 6.39. The van der Waals surface area contributed by atoms with Gasteiger partial charge in [-0.3, -0.25) is 0 Å². The molecule has 2 nitrogen and oxygen atoms in total. The summed E-state index contributed by atoms with van der Waals surface area (Å²) < 4.78 is 8.57. The van der Waals surface area contributed by atoms with Crippen LogP contribution in [0.4, 0.5) is 0 Å². The number of pyridine rings is 1. The smallest absolute Gasteiger partial charge is 0.212 e. The van der Waals surface area contributed by atoms with Crippen LogP contribution in [0.3, 0.4) is 0 Å². The van der Waals surface area contributed by atoms with Gasteiger partial charge < -0.3 is 4.74 Å². The van der Waals surface area contributed by atoms with Crippen molar-refractivity contribution in [1.82, 2.24) is 0 Å². The van der Waals surface area contributed by atoms with Crippen LogP contribution in [0.2, 0.25) is 0 Å². The number of hydrogen-bond acceptors (Lipinski definition) is 1. The van der Waals surface area contributed by atoms with E-state index in [1.54, 1.807) is 0 Å². The lowest BCUT2D eigenvalue weighted by Crippen LogP contribution is -2.36. The second kappa shape index (κ2) is 5.45. The minimum atomic E-state index is -0.0931. The first kappa shape index (κ1) is 16.6. The minimum Gasteiger partial charge on any atom is -0.487 e. The van der Waals surface area contributed by atoms with E-state index in [0.29, 0.717) is 0 Å². The molecule has 0 unspecified atom stereocenters. The largest absolute Gasteiger partial charge is 0.487 e. The van der Waals surface area contributed by atoms with Gasteiger partial charge in [0.2, 0.25) is 5.69 Å². The summed E-state index contributed by atoms with van der Waals surface area (Å²) in [5.41, 5.74) is 7.81. The van der Waals surface area contributed by atoms with Crippen LogP contribution in [0.25, 0.3) is 22.4 Å². The van der Waals surface area contributed by atoms with E-state index >= 15 is 0 Å². The molecule has 1 spiro atoms.